The van der Waals surface area contributed by atoms with Crippen molar-refractivity contribution in [3.63, 3.8) is 0 Å². The molecule has 8 heteroatoms. The Labute approximate surface area is 209 Å². The van der Waals surface area contributed by atoms with Crippen LogP contribution in [0.5, 0.6) is 0 Å². The van der Waals surface area contributed by atoms with Crippen LogP contribution in [0.2, 0.25) is 10.0 Å². The number of halogens is 2. The van der Waals surface area contributed by atoms with Crippen molar-refractivity contribution in [2.24, 2.45) is 0 Å². The summed E-state index contributed by atoms with van der Waals surface area (Å²) in [6, 6.07) is 13.5. The van der Waals surface area contributed by atoms with E-state index in [1.165, 1.54) is 11.0 Å². The van der Waals surface area contributed by atoms with Crippen molar-refractivity contribution in [1.82, 2.24) is 9.80 Å². The second-order valence-electron chi connectivity index (χ2n) is 8.25. The molecule has 6 nitrogen and oxygen atoms in total. The highest BCUT2D eigenvalue weighted by molar-refractivity contribution is 6.35. The smallest absolute Gasteiger partial charge is 0.290 e. The molecule has 1 N–H and O–H groups in total. The summed E-state index contributed by atoms with van der Waals surface area (Å²) in [5.41, 5.74) is 1.41. The Bertz CT molecular complexity index is 1110. The van der Waals surface area contributed by atoms with Gasteiger partial charge < -0.3 is 14.7 Å². The fourth-order valence-electron chi connectivity index (χ4n) is 4.30. The third kappa shape index (κ3) is 5.53. The SMILES string of the molecule is O=C(/C=C/c1ccccc1)C1=C(O)C(=O)N(CCCN2CCOCC2)[C@H]1c1ccc(Cl)cc1Cl. The summed E-state index contributed by atoms with van der Waals surface area (Å²) in [7, 11) is 0. The molecule has 1 fully saturated rings. The van der Waals surface area contributed by atoms with Crippen molar-refractivity contribution < 1.29 is 19.4 Å². The molecule has 0 aliphatic carbocycles. The van der Waals surface area contributed by atoms with Crippen molar-refractivity contribution in [3.8, 4) is 0 Å². The quantitative estimate of drug-likeness (QED) is 0.532. The lowest BCUT2D eigenvalue weighted by Gasteiger charge is -2.30. The van der Waals surface area contributed by atoms with E-state index in [-0.39, 0.29) is 5.57 Å². The van der Waals surface area contributed by atoms with Gasteiger partial charge in [0.15, 0.2) is 11.5 Å². The van der Waals surface area contributed by atoms with Gasteiger partial charge in [0, 0.05) is 36.2 Å². The number of ether oxygens (including phenoxy) is 1. The number of hydrogen-bond acceptors (Lipinski definition) is 5. The van der Waals surface area contributed by atoms with Gasteiger partial charge in [-0.2, -0.15) is 0 Å². The molecule has 0 spiro atoms. The molecule has 0 unspecified atom stereocenters. The number of ketones is 1. The zero-order chi connectivity index (χ0) is 24.1. The Morgan fingerprint density at radius 2 is 1.82 bits per heavy atom. The third-order valence-electron chi connectivity index (χ3n) is 6.03. The number of allylic oxidation sites excluding steroid dienone is 1. The Hall–Kier alpha value is -2.64. The topological polar surface area (TPSA) is 70.1 Å². The van der Waals surface area contributed by atoms with E-state index < -0.39 is 23.5 Å². The highest BCUT2D eigenvalue weighted by atomic mass is 35.5. The van der Waals surface area contributed by atoms with E-state index in [0.29, 0.717) is 41.8 Å². The standard InChI is InChI=1S/C26H26Cl2N2O4/c27-19-8-9-20(21(28)17-19)24-23(22(31)10-7-18-5-2-1-3-6-18)25(32)26(33)30(24)12-4-11-29-13-15-34-16-14-29/h1-3,5-10,17,24,32H,4,11-16H2/b10-7+/t24-/m0/s1. The predicted molar refractivity (Wildman–Crippen MR) is 133 cm³/mol. The van der Waals surface area contributed by atoms with E-state index in [0.717, 1.165) is 25.2 Å². The molecule has 2 aliphatic heterocycles. The van der Waals surface area contributed by atoms with Gasteiger partial charge in [-0.1, -0.05) is 65.7 Å². The molecule has 0 radical (unpaired) electrons. The number of hydrogen-bond donors (Lipinski definition) is 1. The van der Waals surface area contributed by atoms with Crippen molar-refractivity contribution in [2.75, 3.05) is 39.4 Å². The van der Waals surface area contributed by atoms with Crippen LogP contribution in [0.3, 0.4) is 0 Å². The largest absolute Gasteiger partial charge is 0.503 e. The molecule has 34 heavy (non-hydrogen) atoms. The molecule has 2 aromatic rings. The van der Waals surface area contributed by atoms with E-state index in [9.17, 15) is 14.7 Å². The van der Waals surface area contributed by atoms with Crippen molar-refractivity contribution in [1.29, 1.82) is 0 Å². The fourth-order valence-corrected chi connectivity index (χ4v) is 4.81. The van der Waals surface area contributed by atoms with Gasteiger partial charge in [0.25, 0.3) is 5.91 Å². The van der Waals surface area contributed by atoms with E-state index in [1.807, 2.05) is 30.3 Å². The summed E-state index contributed by atoms with van der Waals surface area (Å²) in [6.07, 6.45) is 3.72. The van der Waals surface area contributed by atoms with Gasteiger partial charge in [-0.15, -0.1) is 0 Å². The Morgan fingerprint density at radius 1 is 1.09 bits per heavy atom. The van der Waals surface area contributed by atoms with E-state index in [1.54, 1.807) is 24.3 Å². The predicted octanol–water partition coefficient (Wildman–Crippen LogP) is 4.69. The van der Waals surface area contributed by atoms with E-state index in [4.69, 9.17) is 27.9 Å². The minimum absolute atomic E-state index is 0.0211. The highest BCUT2D eigenvalue weighted by Crippen LogP contribution is 2.41. The lowest BCUT2D eigenvalue weighted by Crippen LogP contribution is -2.39. The average molecular weight is 501 g/mol. The minimum atomic E-state index is -0.796. The molecule has 0 saturated carbocycles. The molecule has 1 atom stereocenters. The molecule has 1 saturated heterocycles. The molecule has 1 amide bonds. The molecular formula is C26H26Cl2N2O4. The Kier molecular flexibility index (Phi) is 8.06. The van der Waals surface area contributed by atoms with E-state index in [2.05, 4.69) is 4.90 Å². The first kappa shape index (κ1) is 24.5. The molecule has 0 aromatic heterocycles. The van der Waals surface area contributed by atoms with Gasteiger partial charge in [-0.3, -0.25) is 14.5 Å². The van der Waals surface area contributed by atoms with Crippen LogP contribution >= 0.6 is 23.2 Å². The van der Waals surface area contributed by atoms with Gasteiger partial charge >= 0.3 is 0 Å². The van der Waals surface area contributed by atoms with E-state index >= 15 is 0 Å². The molecule has 2 heterocycles. The summed E-state index contributed by atoms with van der Waals surface area (Å²) in [5, 5.41) is 11.5. The monoisotopic (exact) mass is 500 g/mol. The van der Waals surface area contributed by atoms with Crippen LogP contribution in [0.4, 0.5) is 0 Å². The number of aliphatic hydroxyl groups is 1. The summed E-state index contributed by atoms with van der Waals surface area (Å²) in [4.78, 5) is 30.1. The van der Waals surface area contributed by atoms with Crippen LogP contribution < -0.4 is 0 Å². The first-order valence-corrected chi connectivity index (χ1v) is 12.0. The summed E-state index contributed by atoms with van der Waals surface area (Å²) < 4.78 is 5.39. The average Bonchev–Trinajstić information content (AvgIpc) is 3.09. The number of nitrogens with zero attached hydrogens (tertiary/aromatic N) is 2. The normalized spacial score (nSPS) is 19.4. The maximum absolute atomic E-state index is 13.2. The number of benzene rings is 2. The van der Waals surface area contributed by atoms with Crippen LogP contribution in [0.1, 0.15) is 23.6 Å². The van der Waals surface area contributed by atoms with Crippen molar-refractivity contribution in [2.45, 2.75) is 12.5 Å². The highest BCUT2D eigenvalue weighted by Gasteiger charge is 2.43. The summed E-state index contributed by atoms with van der Waals surface area (Å²) in [5.74, 6) is -1.55. The van der Waals surface area contributed by atoms with Gasteiger partial charge in [-0.05, 0) is 35.8 Å². The second-order valence-corrected chi connectivity index (χ2v) is 9.09. The number of amides is 1. The van der Waals surface area contributed by atoms with Crippen molar-refractivity contribution in [3.05, 3.63) is 87.1 Å². The Balaban J connectivity index is 1.60. The van der Waals surface area contributed by atoms with Crippen molar-refractivity contribution >= 4 is 41.0 Å². The zero-order valence-electron chi connectivity index (χ0n) is 18.6. The molecule has 0 bridgehead atoms. The lowest BCUT2D eigenvalue weighted by molar-refractivity contribution is -0.129. The Morgan fingerprint density at radius 3 is 2.53 bits per heavy atom. The van der Waals surface area contributed by atoms with Crippen LogP contribution in [-0.2, 0) is 14.3 Å². The van der Waals surface area contributed by atoms with Gasteiger partial charge in [0.1, 0.15) is 0 Å². The second kappa shape index (κ2) is 11.2. The molecule has 2 aromatic carbocycles. The number of aliphatic hydroxyl groups excluding tert-OH is 1. The number of rotatable bonds is 8. The van der Waals surface area contributed by atoms with Crippen LogP contribution in [0.15, 0.2) is 65.9 Å². The maximum atomic E-state index is 13.2. The summed E-state index contributed by atoms with van der Waals surface area (Å²) in [6.45, 7) is 4.23. The fraction of sp³-hybridized carbons (Fsp3) is 0.308. The zero-order valence-corrected chi connectivity index (χ0v) is 20.1. The number of carbonyl (C=O) groups excluding carboxylic acids is 2. The molecule has 2 aliphatic rings. The van der Waals surface area contributed by atoms with Gasteiger partial charge in [0.2, 0.25) is 0 Å². The van der Waals surface area contributed by atoms with Crippen LogP contribution in [-0.4, -0.2) is 66.0 Å². The minimum Gasteiger partial charge on any atom is -0.503 e. The summed E-state index contributed by atoms with van der Waals surface area (Å²) >= 11 is 12.6. The van der Waals surface area contributed by atoms with Crippen LogP contribution in [0, 0.1) is 0 Å². The molecule has 4 rings (SSSR count). The van der Waals surface area contributed by atoms with Crippen LogP contribution in [0.25, 0.3) is 6.08 Å². The first-order chi connectivity index (χ1) is 16.5. The molecular weight excluding hydrogens is 475 g/mol. The van der Waals surface area contributed by atoms with Gasteiger partial charge in [-0.25, -0.2) is 0 Å². The molecule has 178 valence electrons. The number of carbonyl (C=O) groups is 2. The van der Waals surface area contributed by atoms with Gasteiger partial charge in [0.05, 0.1) is 24.8 Å². The number of morpholine rings is 1. The third-order valence-corrected chi connectivity index (χ3v) is 6.59. The lowest BCUT2D eigenvalue weighted by atomic mass is 9.95. The maximum Gasteiger partial charge on any atom is 0.290 e. The first-order valence-electron chi connectivity index (χ1n) is 11.2.